The SMILES string of the molecule is Cc1nnc([C@H]2CC[C@H](Nc3cc(-c4ccc5cc(C#N)cnn45)ncc3C(=O)NC[C@@H](F)C(C)(C)O)CC2)o1. The predicted molar refractivity (Wildman–Crippen MR) is 144 cm³/mol. The minimum Gasteiger partial charge on any atom is -0.425 e. The first-order valence-corrected chi connectivity index (χ1v) is 13.2. The number of aromatic nitrogens is 5. The highest BCUT2D eigenvalue weighted by atomic mass is 19.1. The summed E-state index contributed by atoms with van der Waals surface area (Å²) in [6.45, 7) is 4.14. The zero-order valence-corrected chi connectivity index (χ0v) is 22.6. The van der Waals surface area contributed by atoms with E-state index in [0.29, 0.717) is 34.4 Å². The quantitative estimate of drug-likeness (QED) is 0.298. The van der Waals surface area contributed by atoms with E-state index in [1.54, 1.807) is 23.6 Å². The highest BCUT2D eigenvalue weighted by Gasteiger charge is 2.29. The first kappa shape index (κ1) is 27.2. The van der Waals surface area contributed by atoms with Gasteiger partial charge in [-0.05, 0) is 63.8 Å². The zero-order chi connectivity index (χ0) is 28.4. The van der Waals surface area contributed by atoms with E-state index in [0.717, 1.165) is 31.2 Å². The molecule has 0 saturated heterocycles. The van der Waals surface area contributed by atoms with Crippen LogP contribution in [0.4, 0.5) is 10.1 Å². The van der Waals surface area contributed by atoms with Crippen molar-refractivity contribution in [2.45, 2.75) is 70.2 Å². The predicted octanol–water partition coefficient (Wildman–Crippen LogP) is 3.94. The molecule has 3 N–H and O–H groups in total. The molecule has 0 aliphatic heterocycles. The lowest BCUT2D eigenvalue weighted by Gasteiger charge is -2.29. The Kier molecular flexibility index (Phi) is 7.49. The summed E-state index contributed by atoms with van der Waals surface area (Å²) in [6, 6.07) is 9.37. The van der Waals surface area contributed by atoms with Gasteiger partial charge in [-0.1, -0.05) is 0 Å². The Morgan fingerprint density at radius 3 is 2.70 bits per heavy atom. The molecule has 1 amide bonds. The number of halogens is 1. The average Bonchev–Trinajstić information content (AvgIpc) is 3.57. The highest BCUT2D eigenvalue weighted by Crippen LogP contribution is 2.34. The number of carbonyl (C=O) groups is 1. The number of pyridine rings is 1. The molecule has 208 valence electrons. The summed E-state index contributed by atoms with van der Waals surface area (Å²) in [4.78, 5) is 17.7. The van der Waals surface area contributed by atoms with Crippen molar-refractivity contribution in [3.05, 3.63) is 59.6 Å². The third kappa shape index (κ3) is 5.79. The Hall–Kier alpha value is -4.37. The van der Waals surface area contributed by atoms with Gasteiger partial charge < -0.3 is 20.2 Å². The Morgan fingerprint density at radius 2 is 2.02 bits per heavy atom. The molecule has 0 aromatic carbocycles. The smallest absolute Gasteiger partial charge is 0.255 e. The van der Waals surface area contributed by atoms with E-state index in [1.165, 1.54) is 26.2 Å². The monoisotopic (exact) mass is 546 g/mol. The van der Waals surface area contributed by atoms with Crippen LogP contribution in [0.15, 0.2) is 41.1 Å². The number of hydrogen-bond donors (Lipinski definition) is 3. The minimum atomic E-state index is -1.64. The van der Waals surface area contributed by atoms with Gasteiger partial charge >= 0.3 is 0 Å². The summed E-state index contributed by atoms with van der Waals surface area (Å²) in [5.74, 6) is 0.892. The van der Waals surface area contributed by atoms with Crippen molar-refractivity contribution in [1.82, 2.24) is 30.1 Å². The van der Waals surface area contributed by atoms with Crippen LogP contribution in [-0.2, 0) is 0 Å². The molecular formula is C28H31FN8O3. The number of nitriles is 1. The second-order valence-corrected chi connectivity index (χ2v) is 10.7. The van der Waals surface area contributed by atoms with Gasteiger partial charge in [0, 0.05) is 25.1 Å². The summed E-state index contributed by atoms with van der Waals surface area (Å²) in [6.07, 6.45) is 4.65. The van der Waals surface area contributed by atoms with Gasteiger partial charge in [-0.2, -0.15) is 10.4 Å². The number of anilines is 1. The van der Waals surface area contributed by atoms with Gasteiger partial charge in [0.1, 0.15) is 12.2 Å². The normalized spacial score (nSPS) is 18.3. The number of rotatable bonds is 8. The number of aliphatic hydroxyl groups is 1. The first-order chi connectivity index (χ1) is 19.1. The van der Waals surface area contributed by atoms with Crippen LogP contribution in [0, 0.1) is 18.3 Å². The fraction of sp³-hybridized carbons (Fsp3) is 0.429. The number of amides is 1. The van der Waals surface area contributed by atoms with E-state index in [9.17, 15) is 19.6 Å². The lowest BCUT2D eigenvalue weighted by Crippen LogP contribution is -2.42. The van der Waals surface area contributed by atoms with E-state index >= 15 is 0 Å². The lowest BCUT2D eigenvalue weighted by molar-refractivity contribution is -0.00177. The van der Waals surface area contributed by atoms with E-state index < -0.39 is 17.7 Å². The molecule has 4 aromatic heterocycles. The molecule has 0 spiro atoms. The standard InChI is InChI=1S/C28H31FN8O3/c1-16-35-36-27(40-16)18-4-6-19(7-5-18)34-22-11-23(24-9-8-20-10-17(12-30)13-33-37(20)24)31-14-21(22)26(38)32-15-25(29)28(2,3)39/h8-11,13-14,18-19,25,39H,4-7,15H2,1-3H3,(H,31,34)(H,32,38)/t18-,19-,25-/m1/s1. The van der Waals surface area contributed by atoms with Gasteiger partial charge in [0.05, 0.1) is 52.1 Å². The molecule has 5 rings (SSSR count). The van der Waals surface area contributed by atoms with Crippen LogP contribution in [0.3, 0.4) is 0 Å². The summed E-state index contributed by atoms with van der Waals surface area (Å²) in [5, 5.41) is 37.7. The van der Waals surface area contributed by atoms with Crippen molar-refractivity contribution in [2.75, 3.05) is 11.9 Å². The molecule has 1 fully saturated rings. The summed E-state index contributed by atoms with van der Waals surface area (Å²) < 4.78 is 21.7. The number of nitrogens with one attached hydrogen (secondary N) is 2. The van der Waals surface area contributed by atoms with Gasteiger partial charge in [-0.3, -0.25) is 9.78 Å². The number of alkyl halides is 1. The molecule has 4 heterocycles. The van der Waals surface area contributed by atoms with Gasteiger partial charge in [-0.15, -0.1) is 10.2 Å². The maximum absolute atomic E-state index is 14.3. The number of carbonyl (C=O) groups excluding carboxylic acids is 1. The van der Waals surface area contributed by atoms with Crippen LogP contribution < -0.4 is 10.6 Å². The molecule has 11 nitrogen and oxygen atoms in total. The second-order valence-electron chi connectivity index (χ2n) is 10.7. The Balaban J connectivity index is 1.40. The molecule has 1 saturated carbocycles. The summed E-state index contributed by atoms with van der Waals surface area (Å²) in [7, 11) is 0. The van der Waals surface area contributed by atoms with Gasteiger partial charge in [0.25, 0.3) is 5.91 Å². The molecule has 12 heteroatoms. The van der Waals surface area contributed by atoms with Crippen LogP contribution >= 0.6 is 0 Å². The van der Waals surface area contributed by atoms with E-state index in [-0.39, 0.29) is 24.1 Å². The second kappa shape index (κ2) is 11.0. The molecule has 0 unspecified atom stereocenters. The van der Waals surface area contributed by atoms with Crippen LogP contribution in [0.5, 0.6) is 0 Å². The Morgan fingerprint density at radius 1 is 1.25 bits per heavy atom. The van der Waals surface area contributed by atoms with Crippen LogP contribution in [0.25, 0.3) is 16.9 Å². The largest absolute Gasteiger partial charge is 0.425 e. The van der Waals surface area contributed by atoms with Crippen molar-refractivity contribution in [1.29, 1.82) is 5.26 Å². The molecule has 40 heavy (non-hydrogen) atoms. The van der Waals surface area contributed by atoms with E-state index in [2.05, 4.69) is 37.0 Å². The third-order valence-corrected chi connectivity index (χ3v) is 7.23. The van der Waals surface area contributed by atoms with Crippen molar-refractivity contribution in [3.8, 4) is 17.5 Å². The number of nitrogens with zero attached hydrogens (tertiary/aromatic N) is 6. The Bertz CT molecular complexity index is 1560. The van der Waals surface area contributed by atoms with Gasteiger partial charge in [-0.25, -0.2) is 8.91 Å². The first-order valence-electron chi connectivity index (χ1n) is 13.2. The molecule has 0 bridgehead atoms. The van der Waals surface area contributed by atoms with Crippen LogP contribution in [0.2, 0.25) is 0 Å². The van der Waals surface area contributed by atoms with Gasteiger partial charge in [0.2, 0.25) is 11.8 Å². The average molecular weight is 547 g/mol. The number of hydrogen-bond acceptors (Lipinski definition) is 9. The molecule has 4 aromatic rings. The van der Waals surface area contributed by atoms with Gasteiger partial charge in [0.15, 0.2) is 0 Å². The summed E-state index contributed by atoms with van der Waals surface area (Å²) >= 11 is 0. The molecule has 1 aliphatic carbocycles. The third-order valence-electron chi connectivity index (χ3n) is 7.23. The maximum Gasteiger partial charge on any atom is 0.255 e. The van der Waals surface area contributed by atoms with Crippen molar-refractivity contribution < 1.29 is 18.7 Å². The van der Waals surface area contributed by atoms with Crippen molar-refractivity contribution >= 4 is 17.1 Å². The van der Waals surface area contributed by atoms with E-state index in [1.807, 2.05) is 12.1 Å². The van der Waals surface area contributed by atoms with Crippen molar-refractivity contribution in [3.63, 3.8) is 0 Å². The minimum absolute atomic E-state index is 0.0766. The lowest BCUT2D eigenvalue weighted by atomic mass is 9.86. The zero-order valence-electron chi connectivity index (χ0n) is 22.6. The van der Waals surface area contributed by atoms with Crippen LogP contribution in [0.1, 0.15) is 73.2 Å². The fourth-order valence-corrected chi connectivity index (χ4v) is 4.86. The fourth-order valence-electron chi connectivity index (χ4n) is 4.86. The van der Waals surface area contributed by atoms with Crippen molar-refractivity contribution in [2.24, 2.45) is 0 Å². The Labute approximate surface area is 230 Å². The highest BCUT2D eigenvalue weighted by molar-refractivity contribution is 6.00. The topological polar surface area (TPSA) is 154 Å². The number of aryl methyl sites for hydroxylation is 1. The molecule has 1 atom stereocenters. The van der Waals surface area contributed by atoms with Crippen LogP contribution in [-0.4, -0.2) is 60.2 Å². The molecule has 0 radical (unpaired) electrons. The molecule has 1 aliphatic rings. The number of fused-ring (bicyclic) bond motifs is 1. The van der Waals surface area contributed by atoms with E-state index in [4.69, 9.17) is 4.42 Å². The summed E-state index contributed by atoms with van der Waals surface area (Å²) in [5.41, 5.74) is 1.69. The molecular weight excluding hydrogens is 515 g/mol. The maximum atomic E-state index is 14.3.